The highest BCUT2D eigenvalue weighted by Gasteiger charge is 2.16. The molecular weight excluding hydrogens is 416 g/mol. The van der Waals surface area contributed by atoms with Crippen molar-refractivity contribution in [2.45, 2.75) is 70.8 Å². The fourth-order valence-corrected chi connectivity index (χ4v) is 4.18. The van der Waals surface area contributed by atoms with Crippen LogP contribution < -0.4 is 10.6 Å². The minimum absolute atomic E-state index is 0.00727. The second-order valence-corrected chi connectivity index (χ2v) is 10.0. The van der Waals surface area contributed by atoms with Gasteiger partial charge < -0.3 is 15.4 Å². The second kappa shape index (κ2) is 11.6. The lowest BCUT2D eigenvalue weighted by molar-refractivity contribution is 0.0277. The zero-order chi connectivity index (χ0) is 23.0. The van der Waals surface area contributed by atoms with Gasteiger partial charge in [0.05, 0.1) is 6.10 Å². The molecule has 2 N–H and O–H groups in total. The predicted octanol–water partition coefficient (Wildman–Crippen LogP) is 6.24. The molecule has 0 saturated heterocycles. The van der Waals surface area contributed by atoms with Crippen LogP contribution in [0.1, 0.15) is 80.8 Å². The molecule has 1 saturated carbocycles. The molecule has 172 valence electrons. The third-order valence-corrected chi connectivity index (χ3v) is 6.15. The first kappa shape index (κ1) is 24.4. The van der Waals surface area contributed by atoms with E-state index < -0.39 is 0 Å². The highest BCUT2D eigenvalue weighted by atomic mass is 32.1. The number of ether oxygens (including phenoxy) is 1. The zero-order valence-corrected chi connectivity index (χ0v) is 20.4. The topological polar surface area (TPSA) is 50.4 Å². The summed E-state index contributed by atoms with van der Waals surface area (Å²) >= 11 is 5.41. The molecule has 0 heterocycles. The Bertz CT molecular complexity index is 897. The summed E-state index contributed by atoms with van der Waals surface area (Å²) in [6, 6.07) is 15.4. The molecule has 2 aromatic carbocycles. The molecule has 0 aromatic heterocycles. The van der Waals surface area contributed by atoms with Gasteiger partial charge in [0.2, 0.25) is 0 Å². The normalized spacial score (nSPS) is 14.7. The van der Waals surface area contributed by atoms with Crippen molar-refractivity contribution in [1.82, 2.24) is 5.32 Å². The van der Waals surface area contributed by atoms with Gasteiger partial charge >= 0.3 is 0 Å². The first-order valence-electron chi connectivity index (χ1n) is 11.7. The van der Waals surface area contributed by atoms with Crippen LogP contribution in [0.2, 0.25) is 0 Å². The van der Waals surface area contributed by atoms with Crippen molar-refractivity contribution in [3.8, 4) is 0 Å². The molecular formula is C27H36N2O2S. The van der Waals surface area contributed by atoms with Crippen molar-refractivity contribution in [1.29, 1.82) is 0 Å². The average molecular weight is 453 g/mol. The molecule has 4 nitrogen and oxygen atoms in total. The second-order valence-electron chi connectivity index (χ2n) is 9.60. The summed E-state index contributed by atoms with van der Waals surface area (Å²) < 4.78 is 5.95. The maximum absolute atomic E-state index is 12.9. The van der Waals surface area contributed by atoms with E-state index in [-0.39, 0.29) is 11.2 Å². The Balaban J connectivity index is 1.46. The molecule has 1 fully saturated rings. The largest absolute Gasteiger partial charge is 0.378 e. The maximum atomic E-state index is 12.9. The van der Waals surface area contributed by atoms with Gasteiger partial charge in [0.1, 0.15) is 0 Å². The van der Waals surface area contributed by atoms with E-state index in [4.69, 9.17) is 17.0 Å². The van der Waals surface area contributed by atoms with Gasteiger partial charge in [-0.25, -0.2) is 0 Å². The minimum Gasteiger partial charge on any atom is -0.378 e. The van der Waals surface area contributed by atoms with Crippen LogP contribution in [0, 0.1) is 0 Å². The van der Waals surface area contributed by atoms with Gasteiger partial charge in [-0.2, -0.15) is 0 Å². The van der Waals surface area contributed by atoms with Crippen molar-refractivity contribution in [3.05, 3.63) is 65.2 Å². The number of nitrogens with one attached hydrogen (secondary N) is 2. The van der Waals surface area contributed by atoms with Crippen LogP contribution in [0.25, 0.3) is 0 Å². The Kier molecular flexibility index (Phi) is 8.83. The standard InChI is InChI=1S/C27H36N2O2S/c1-27(2,3)22-15-13-20(14-16-22)25(30)21-9-7-10-23(19-21)29-26(32)28-17-8-18-31-24-11-5-4-6-12-24/h7,9-10,13-16,19,24H,4-6,8,11-12,17-18H2,1-3H3,(H2,28,29,32). The number of hydrogen-bond acceptors (Lipinski definition) is 3. The number of anilines is 1. The number of rotatable bonds is 8. The third kappa shape index (κ3) is 7.42. The van der Waals surface area contributed by atoms with E-state index in [1.807, 2.05) is 48.5 Å². The monoisotopic (exact) mass is 452 g/mol. The maximum Gasteiger partial charge on any atom is 0.193 e. The predicted molar refractivity (Wildman–Crippen MR) is 137 cm³/mol. The minimum atomic E-state index is 0.00727. The highest BCUT2D eigenvalue weighted by Crippen LogP contribution is 2.23. The molecule has 3 rings (SSSR count). The van der Waals surface area contributed by atoms with Crippen molar-refractivity contribution in [2.75, 3.05) is 18.5 Å². The smallest absolute Gasteiger partial charge is 0.193 e. The van der Waals surface area contributed by atoms with Gasteiger partial charge in [-0.15, -0.1) is 0 Å². The first-order chi connectivity index (χ1) is 15.3. The summed E-state index contributed by atoms with van der Waals surface area (Å²) in [5, 5.41) is 6.97. The van der Waals surface area contributed by atoms with Gasteiger partial charge in [0, 0.05) is 30.0 Å². The molecule has 1 aliphatic rings. The van der Waals surface area contributed by atoms with E-state index in [0.717, 1.165) is 25.3 Å². The molecule has 0 amide bonds. The van der Waals surface area contributed by atoms with Crippen LogP contribution in [-0.2, 0) is 10.2 Å². The molecule has 0 spiro atoms. The summed E-state index contributed by atoms with van der Waals surface area (Å²) in [5.74, 6) is 0.00727. The van der Waals surface area contributed by atoms with Crippen molar-refractivity contribution >= 4 is 28.8 Å². The molecule has 0 bridgehead atoms. The van der Waals surface area contributed by atoms with Crippen LogP contribution in [0.5, 0.6) is 0 Å². The van der Waals surface area contributed by atoms with Gasteiger partial charge in [0.25, 0.3) is 0 Å². The number of thiocarbonyl (C=S) groups is 1. The van der Waals surface area contributed by atoms with E-state index in [1.165, 1.54) is 37.7 Å². The quantitative estimate of drug-likeness (QED) is 0.282. The molecule has 1 aliphatic carbocycles. The number of benzene rings is 2. The number of hydrogen-bond donors (Lipinski definition) is 2. The molecule has 5 heteroatoms. The lowest BCUT2D eigenvalue weighted by Gasteiger charge is -2.22. The van der Waals surface area contributed by atoms with Crippen LogP contribution in [0.4, 0.5) is 5.69 Å². The number of ketones is 1. The van der Waals surface area contributed by atoms with Crippen LogP contribution in [0.3, 0.4) is 0 Å². The Hall–Kier alpha value is -2.24. The van der Waals surface area contributed by atoms with Crippen molar-refractivity contribution in [3.63, 3.8) is 0 Å². The van der Waals surface area contributed by atoms with Gasteiger partial charge in [-0.3, -0.25) is 4.79 Å². The number of carbonyl (C=O) groups excluding carboxylic acids is 1. The van der Waals surface area contributed by atoms with Crippen LogP contribution >= 0.6 is 12.2 Å². The summed E-state index contributed by atoms with van der Waals surface area (Å²) in [6.45, 7) is 8.02. The van der Waals surface area contributed by atoms with E-state index in [2.05, 4.69) is 31.4 Å². The molecule has 0 radical (unpaired) electrons. The average Bonchev–Trinajstić information content (AvgIpc) is 2.79. The molecule has 0 unspecified atom stereocenters. The summed E-state index contributed by atoms with van der Waals surface area (Å²) in [5.41, 5.74) is 3.41. The SMILES string of the molecule is CC(C)(C)c1ccc(C(=O)c2cccc(NC(=S)NCCCOC3CCCCC3)c2)cc1. The fourth-order valence-electron chi connectivity index (χ4n) is 3.96. The van der Waals surface area contributed by atoms with E-state index in [9.17, 15) is 4.79 Å². The Morgan fingerprint density at radius 1 is 1.03 bits per heavy atom. The van der Waals surface area contributed by atoms with Gasteiger partial charge in [-0.1, -0.05) is 76.4 Å². The van der Waals surface area contributed by atoms with E-state index >= 15 is 0 Å². The van der Waals surface area contributed by atoms with Crippen LogP contribution in [0.15, 0.2) is 48.5 Å². The summed E-state index contributed by atoms with van der Waals surface area (Å²) in [7, 11) is 0. The lowest BCUT2D eigenvalue weighted by atomic mass is 9.86. The lowest BCUT2D eigenvalue weighted by Crippen LogP contribution is -2.30. The highest BCUT2D eigenvalue weighted by molar-refractivity contribution is 7.80. The Morgan fingerprint density at radius 2 is 1.75 bits per heavy atom. The van der Waals surface area contributed by atoms with Crippen molar-refractivity contribution in [2.24, 2.45) is 0 Å². The molecule has 32 heavy (non-hydrogen) atoms. The van der Waals surface area contributed by atoms with E-state index in [0.29, 0.717) is 22.3 Å². The fraction of sp³-hybridized carbons (Fsp3) is 0.481. The molecule has 0 atom stereocenters. The van der Waals surface area contributed by atoms with Gasteiger partial charge in [-0.05, 0) is 54.6 Å². The first-order valence-corrected chi connectivity index (χ1v) is 12.2. The Morgan fingerprint density at radius 3 is 2.44 bits per heavy atom. The number of carbonyl (C=O) groups is 1. The zero-order valence-electron chi connectivity index (χ0n) is 19.6. The summed E-state index contributed by atoms with van der Waals surface area (Å²) in [4.78, 5) is 12.9. The van der Waals surface area contributed by atoms with E-state index in [1.54, 1.807) is 0 Å². The summed E-state index contributed by atoms with van der Waals surface area (Å²) in [6.07, 6.45) is 7.69. The molecule has 2 aromatic rings. The Labute approximate surface area is 198 Å². The van der Waals surface area contributed by atoms with Crippen molar-refractivity contribution < 1.29 is 9.53 Å². The third-order valence-electron chi connectivity index (χ3n) is 5.91. The van der Waals surface area contributed by atoms with Gasteiger partial charge in [0.15, 0.2) is 10.9 Å². The molecule has 0 aliphatic heterocycles. The van der Waals surface area contributed by atoms with Crippen LogP contribution in [-0.4, -0.2) is 30.2 Å².